The van der Waals surface area contributed by atoms with Gasteiger partial charge in [-0.3, -0.25) is 4.90 Å². The summed E-state index contributed by atoms with van der Waals surface area (Å²) in [5.74, 6) is 0. The normalized spacial score (nSPS) is 16.5. The molecule has 4 nitrogen and oxygen atoms in total. The van der Waals surface area contributed by atoms with Crippen molar-refractivity contribution in [2.24, 2.45) is 0 Å². The van der Waals surface area contributed by atoms with Crippen molar-refractivity contribution < 1.29 is 14.0 Å². The maximum atomic E-state index is 12.7. The number of halogens is 1. The SMILES string of the molecule is C=C(Br)/C(=C\C=C\CO[Si](c1ccccc1)(c1ccccc1)C(C)(C)C)N1C(=O)OC[C@H]1Cc1ccccc1. The van der Waals surface area contributed by atoms with Crippen LogP contribution in [0.3, 0.4) is 0 Å². The van der Waals surface area contributed by atoms with Gasteiger partial charge in [0.1, 0.15) is 6.61 Å². The Morgan fingerprint density at radius 3 is 2.05 bits per heavy atom. The van der Waals surface area contributed by atoms with E-state index in [9.17, 15) is 4.79 Å². The average Bonchev–Trinajstić information content (AvgIpc) is 3.28. The number of hydrogen-bond acceptors (Lipinski definition) is 3. The molecule has 0 aromatic heterocycles. The van der Waals surface area contributed by atoms with Crippen LogP contribution < -0.4 is 10.4 Å². The fraction of sp³-hybridized carbons (Fsp3) is 0.242. The van der Waals surface area contributed by atoms with Crippen LogP contribution in [0, 0.1) is 0 Å². The molecule has 1 aliphatic heterocycles. The second-order valence-corrected chi connectivity index (χ2v) is 15.9. The molecular formula is C33H36BrNO3Si. The third kappa shape index (κ3) is 6.52. The van der Waals surface area contributed by atoms with Crippen LogP contribution in [-0.2, 0) is 15.6 Å². The lowest BCUT2D eigenvalue weighted by Crippen LogP contribution is -2.66. The smallest absolute Gasteiger partial charge is 0.414 e. The van der Waals surface area contributed by atoms with Crippen molar-refractivity contribution in [3.8, 4) is 0 Å². The molecule has 1 fully saturated rings. The largest absolute Gasteiger partial charge is 0.447 e. The van der Waals surface area contributed by atoms with E-state index in [-0.39, 0.29) is 17.2 Å². The van der Waals surface area contributed by atoms with Crippen molar-refractivity contribution in [3.63, 3.8) is 0 Å². The molecule has 202 valence electrons. The van der Waals surface area contributed by atoms with Gasteiger partial charge >= 0.3 is 6.09 Å². The van der Waals surface area contributed by atoms with E-state index in [1.165, 1.54) is 10.4 Å². The zero-order valence-electron chi connectivity index (χ0n) is 22.8. The lowest BCUT2D eigenvalue weighted by molar-refractivity contribution is 0.165. The Morgan fingerprint density at radius 2 is 1.54 bits per heavy atom. The van der Waals surface area contributed by atoms with E-state index in [4.69, 9.17) is 9.16 Å². The molecule has 0 saturated carbocycles. The Morgan fingerprint density at radius 1 is 1.00 bits per heavy atom. The molecule has 1 aliphatic rings. The number of carbonyl (C=O) groups is 1. The van der Waals surface area contributed by atoms with E-state index in [1.807, 2.05) is 48.6 Å². The summed E-state index contributed by atoms with van der Waals surface area (Å²) in [7, 11) is -2.62. The quantitative estimate of drug-likeness (QED) is 0.186. The van der Waals surface area contributed by atoms with Gasteiger partial charge in [0.2, 0.25) is 0 Å². The highest BCUT2D eigenvalue weighted by molar-refractivity contribution is 9.11. The topological polar surface area (TPSA) is 38.8 Å². The molecule has 0 N–H and O–H groups in total. The number of carbonyl (C=O) groups excluding carboxylic acids is 1. The summed E-state index contributed by atoms with van der Waals surface area (Å²) >= 11 is 3.51. The predicted octanol–water partition coefficient (Wildman–Crippen LogP) is 6.98. The molecule has 6 heteroatoms. The first-order chi connectivity index (χ1) is 18.7. The molecule has 1 saturated heterocycles. The molecule has 1 heterocycles. The van der Waals surface area contributed by atoms with Gasteiger partial charge in [0.05, 0.1) is 18.3 Å². The molecule has 1 atom stereocenters. The minimum atomic E-state index is -2.62. The zero-order chi connectivity index (χ0) is 27.9. The van der Waals surface area contributed by atoms with Gasteiger partial charge in [-0.2, -0.15) is 0 Å². The minimum Gasteiger partial charge on any atom is -0.447 e. The Hall–Kier alpha value is -3.19. The van der Waals surface area contributed by atoms with E-state index in [0.717, 1.165) is 5.56 Å². The standard InChI is InChI=1S/C33H36BrNO3Si/c1-26(34)31(35-28(25-37-32(35)36)24-27-16-8-5-9-17-27)22-14-15-23-38-39(33(2,3)4,29-18-10-6-11-19-29)30-20-12-7-13-21-30/h5-22,28H,1,23-25H2,2-4H3/b15-14+,31-22+/t28-/m1/s1. The van der Waals surface area contributed by atoms with Crippen LogP contribution in [0.4, 0.5) is 4.79 Å². The highest BCUT2D eigenvalue weighted by Crippen LogP contribution is 2.36. The van der Waals surface area contributed by atoms with Gasteiger partial charge in [-0.15, -0.1) is 0 Å². The fourth-order valence-corrected chi connectivity index (χ4v) is 10.1. The van der Waals surface area contributed by atoms with Crippen molar-refractivity contribution in [3.05, 3.63) is 132 Å². The molecule has 0 unspecified atom stereocenters. The molecule has 0 aliphatic carbocycles. The zero-order valence-corrected chi connectivity index (χ0v) is 25.4. The number of benzene rings is 3. The summed E-state index contributed by atoms with van der Waals surface area (Å²) in [5, 5.41) is 2.38. The summed E-state index contributed by atoms with van der Waals surface area (Å²) < 4.78 is 13.0. The molecule has 0 spiro atoms. The molecule has 39 heavy (non-hydrogen) atoms. The number of allylic oxidation sites excluding steroid dienone is 3. The molecule has 3 aromatic rings. The van der Waals surface area contributed by atoms with Crippen LogP contribution in [-0.4, -0.2) is 38.6 Å². The number of amides is 1. The molecule has 4 rings (SSSR count). The summed E-state index contributed by atoms with van der Waals surface area (Å²) in [6.07, 6.45) is 6.18. The van der Waals surface area contributed by atoms with E-state index >= 15 is 0 Å². The van der Waals surface area contributed by atoms with Crippen molar-refractivity contribution >= 4 is 40.7 Å². The number of hydrogen-bond donors (Lipinski definition) is 0. The summed E-state index contributed by atoms with van der Waals surface area (Å²) in [4.78, 5) is 14.4. The predicted molar refractivity (Wildman–Crippen MR) is 166 cm³/mol. The first-order valence-electron chi connectivity index (χ1n) is 13.2. The average molecular weight is 603 g/mol. The fourth-order valence-electron chi connectivity index (χ4n) is 5.24. The minimum absolute atomic E-state index is 0.0986. The third-order valence-electron chi connectivity index (χ3n) is 7.02. The van der Waals surface area contributed by atoms with Crippen LogP contribution in [0.25, 0.3) is 0 Å². The van der Waals surface area contributed by atoms with Crippen molar-refractivity contribution in [1.82, 2.24) is 4.90 Å². The number of rotatable bonds is 10. The highest BCUT2D eigenvalue weighted by atomic mass is 79.9. The Balaban J connectivity index is 1.58. The monoisotopic (exact) mass is 601 g/mol. The van der Waals surface area contributed by atoms with Crippen LogP contribution in [0.5, 0.6) is 0 Å². The Kier molecular flexibility index (Phi) is 9.43. The van der Waals surface area contributed by atoms with Gasteiger partial charge in [0, 0.05) is 4.48 Å². The van der Waals surface area contributed by atoms with Crippen molar-refractivity contribution in [1.29, 1.82) is 0 Å². The Labute approximate surface area is 241 Å². The lowest BCUT2D eigenvalue weighted by Gasteiger charge is -2.42. The van der Waals surface area contributed by atoms with Crippen LogP contribution >= 0.6 is 15.9 Å². The van der Waals surface area contributed by atoms with E-state index in [0.29, 0.717) is 29.8 Å². The lowest BCUT2D eigenvalue weighted by atomic mass is 10.1. The van der Waals surface area contributed by atoms with Crippen LogP contribution in [0.2, 0.25) is 5.04 Å². The first-order valence-corrected chi connectivity index (χ1v) is 15.9. The van der Waals surface area contributed by atoms with Gasteiger partial charge in [-0.05, 0) is 49.4 Å². The summed E-state index contributed by atoms with van der Waals surface area (Å²) in [6, 6.07) is 31.2. The number of nitrogens with zero attached hydrogens (tertiary/aromatic N) is 1. The molecule has 1 amide bonds. The number of ether oxygens (including phenoxy) is 1. The summed E-state index contributed by atoms with van der Waals surface area (Å²) in [6.45, 7) is 11.6. The molecule has 0 bridgehead atoms. The van der Waals surface area contributed by atoms with E-state index < -0.39 is 8.32 Å². The van der Waals surface area contributed by atoms with Crippen LogP contribution in [0.1, 0.15) is 26.3 Å². The Bertz CT molecular complexity index is 1280. The van der Waals surface area contributed by atoms with E-state index in [1.54, 1.807) is 4.90 Å². The first kappa shape index (κ1) is 28.8. The van der Waals surface area contributed by atoms with Gasteiger partial charge in [-0.25, -0.2) is 4.79 Å². The third-order valence-corrected chi connectivity index (χ3v) is 12.4. The van der Waals surface area contributed by atoms with Gasteiger partial charge < -0.3 is 9.16 Å². The summed E-state index contributed by atoms with van der Waals surface area (Å²) in [5.41, 5.74) is 1.83. The van der Waals surface area contributed by atoms with Crippen LogP contribution in [0.15, 0.2) is 126 Å². The molecule has 0 radical (unpaired) electrons. The van der Waals surface area contributed by atoms with Crippen molar-refractivity contribution in [2.75, 3.05) is 13.2 Å². The second kappa shape index (κ2) is 12.8. The maximum Gasteiger partial charge on any atom is 0.414 e. The number of cyclic esters (lactones) is 1. The molecular weight excluding hydrogens is 566 g/mol. The van der Waals surface area contributed by atoms with Gasteiger partial charge in [-0.1, -0.05) is 130 Å². The molecule has 3 aromatic carbocycles. The second-order valence-electron chi connectivity index (χ2n) is 10.6. The van der Waals surface area contributed by atoms with E-state index in [2.05, 4.69) is 104 Å². The highest BCUT2D eigenvalue weighted by Gasteiger charge is 2.49. The van der Waals surface area contributed by atoms with Gasteiger partial charge in [0.25, 0.3) is 8.32 Å². The van der Waals surface area contributed by atoms with Crippen molar-refractivity contribution in [2.45, 2.75) is 38.3 Å². The maximum absolute atomic E-state index is 12.7. The van der Waals surface area contributed by atoms with Gasteiger partial charge in [0.15, 0.2) is 0 Å².